The van der Waals surface area contributed by atoms with Gasteiger partial charge in [-0.05, 0) is 45.6 Å². The van der Waals surface area contributed by atoms with Gasteiger partial charge in [-0.15, -0.1) is 0 Å². The van der Waals surface area contributed by atoms with Crippen LogP contribution in [0.15, 0.2) is 26.4 Å². The van der Waals surface area contributed by atoms with E-state index in [0.717, 1.165) is 32.6 Å². The van der Waals surface area contributed by atoms with Crippen molar-refractivity contribution in [3.63, 3.8) is 0 Å². The quantitative estimate of drug-likeness (QED) is 0.811. The summed E-state index contributed by atoms with van der Waals surface area (Å²) in [4.78, 5) is 12.9. The molecule has 0 unspecified atom stereocenters. The normalized spacial score (nSPS) is 10.6. The minimum Gasteiger partial charge on any atom is -0.226 e. The maximum Gasteiger partial charge on any atom is 0.175 e. The fraction of sp³-hybridized carbons (Fsp3) is 0.333. The lowest BCUT2D eigenvalue weighted by Gasteiger charge is -2.01. The van der Waals surface area contributed by atoms with Crippen LogP contribution in [0.1, 0.15) is 19.2 Å². The second kappa shape index (κ2) is 5.70. The average Bonchev–Trinajstić information content (AvgIpc) is 2.70. The lowest BCUT2D eigenvalue weighted by molar-refractivity contribution is 0.803. The largest absolute Gasteiger partial charge is 0.226 e. The third-order valence-electron chi connectivity index (χ3n) is 1.72. The molecule has 16 heavy (non-hydrogen) atoms. The molecule has 0 saturated heterocycles. The Bertz CT molecular complexity index is 461. The van der Waals surface area contributed by atoms with E-state index >= 15 is 0 Å². The Morgan fingerprint density at radius 1 is 1.44 bits per heavy atom. The van der Waals surface area contributed by atoms with E-state index in [9.17, 15) is 0 Å². The summed E-state index contributed by atoms with van der Waals surface area (Å²) in [7, 11) is 0. The Kier molecular flexibility index (Phi) is 4.25. The van der Waals surface area contributed by atoms with Crippen molar-refractivity contribution in [2.75, 3.05) is 0 Å². The zero-order valence-corrected chi connectivity index (χ0v) is 11.8. The van der Waals surface area contributed by atoms with Crippen LogP contribution in [-0.2, 0) is 6.42 Å². The molecule has 2 heterocycles. The minimum absolute atomic E-state index is 0.818. The molecule has 0 aliphatic carbocycles. The lowest BCUT2D eigenvalue weighted by Crippen LogP contribution is -1.96. The summed E-state index contributed by atoms with van der Waals surface area (Å²) in [6.45, 7) is 2.11. The maximum absolute atomic E-state index is 4.46. The van der Waals surface area contributed by atoms with Crippen LogP contribution < -0.4 is 0 Å². The highest BCUT2D eigenvalue weighted by Crippen LogP contribution is 2.27. The lowest BCUT2D eigenvalue weighted by atomic mass is 10.3. The van der Waals surface area contributed by atoms with E-state index in [4.69, 9.17) is 0 Å². The number of aryl methyl sites for hydroxylation is 1. The van der Waals surface area contributed by atoms with Crippen LogP contribution in [0.3, 0.4) is 0 Å². The van der Waals surface area contributed by atoms with Gasteiger partial charge in [-0.1, -0.05) is 6.92 Å². The van der Waals surface area contributed by atoms with Crippen molar-refractivity contribution in [2.45, 2.75) is 29.1 Å². The molecule has 0 amide bonds. The SMILES string of the molecule is CCCc1nc(Br)cc(Sc2ncns2)n1. The number of rotatable bonds is 4. The van der Waals surface area contributed by atoms with E-state index in [-0.39, 0.29) is 0 Å². The van der Waals surface area contributed by atoms with Crippen molar-refractivity contribution in [2.24, 2.45) is 0 Å². The topological polar surface area (TPSA) is 51.6 Å². The molecule has 0 aliphatic heterocycles. The summed E-state index contributed by atoms with van der Waals surface area (Å²) in [6.07, 6.45) is 3.48. The first-order chi connectivity index (χ1) is 7.78. The summed E-state index contributed by atoms with van der Waals surface area (Å²) in [5.74, 6) is 0.865. The first kappa shape index (κ1) is 11.9. The fourth-order valence-corrected chi connectivity index (χ4v) is 3.11. The van der Waals surface area contributed by atoms with E-state index in [0.29, 0.717) is 0 Å². The van der Waals surface area contributed by atoms with Crippen LogP contribution in [-0.4, -0.2) is 19.3 Å². The molecule has 0 saturated carbocycles. The Hall–Kier alpha value is -0.530. The summed E-state index contributed by atoms with van der Waals surface area (Å²) >= 11 is 6.27. The van der Waals surface area contributed by atoms with Crippen molar-refractivity contribution in [1.29, 1.82) is 0 Å². The molecule has 84 valence electrons. The molecule has 0 N–H and O–H groups in total. The second-order valence-corrected chi connectivity index (χ2v) is 5.86. The monoisotopic (exact) mass is 316 g/mol. The first-order valence-corrected chi connectivity index (χ1v) is 7.14. The van der Waals surface area contributed by atoms with Gasteiger partial charge in [0.05, 0.1) is 0 Å². The van der Waals surface area contributed by atoms with Gasteiger partial charge >= 0.3 is 0 Å². The van der Waals surface area contributed by atoms with Gasteiger partial charge < -0.3 is 0 Å². The van der Waals surface area contributed by atoms with E-state index in [1.165, 1.54) is 23.3 Å². The third-order valence-corrected chi connectivity index (χ3v) is 3.76. The molecule has 7 heteroatoms. The Labute approximate surface area is 110 Å². The molecular weight excluding hydrogens is 308 g/mol. The van der Waals surface area contributed by atoms with E-state index in [1.54, 1.807) is 6.33 Å². The van der Waals surface area contributed by atoms with Crippen molar-refractivity contribution < 1.29 is 0 Å². The Morgan fingerprint density at radius 2 is 2.31 bits per heavy atom. The maximum atomic E-state index is 4.46. The Morgan fingerprint density at radius 3 is 3.00 bits per heavy atom. The summed E-state index contributed by atoms with van der Waals surface area (Å²) in [5.41, 5.74) is 0. The van der Waals surface area contributed by atoms with Gasteiger partial charge in [0.15, 0.2) is 4.34 Å². The molecule has 0 atom stereocenters. The van der Waals surface area contributed by atoms with E-state index in [2.05, 4.69) is 42.2 Å². The predicted octanol–water partition coefficient (Wildman–Crippen LogP) is 3.19. The molecule has 0 spiro atoms. The van der Waals surface area contributed by atoms with Gasteiger partial charge in [-0.3, -0.25) is 0 Å². The number of aromatic nitrogens is 4. The van der Waals surface area contributed by atoms with Gasteiger partial charge in [-0.25, -0.2) is 15.0 Å². The zero-order chi connectivity index (χ0) is 11.4. The van der Waals surface area contributed by atoms with Crippen LogP contribution >= 0.6 is 39.2 Å². The van der Waals surface area contributed by atoms with Gasteiger partial charge in [0, 0.05) is 12.5 Å². The fourth-order valence-electron chi connectivity index (χ4n) is 1.13. The molecule has 2 aromatic heterocycles. The third kappa shape index (κ3) is 3.23. The van der Waals surface area contributed by atoms with Crippen LogP contribution in [0.5, 0.6) is 0 Å². The van der Waals surface area contributed by atoms with Crippen molar-refractivity contribution >= 4 is 39.2 Å². The van der Waals surface area contributed by atoms with Gasteiger partial charge in [0.1, 0.15) is 21.8 Å². The van der Waals surface area contributed by atoms with Crippen LogP contribution in [0.25, 0.3) is 0 Å². The molecule has 0 bridgehead atoms. The summed E-state index contributed by atoms with van der Waals surface area (Å²) in [5, 5.41) is 0.905. The smallest absolute Gasteiger partial charge is 0.175 e. The standard InChI is InChI=1S/C9H9BrN4S2/c1-2-3-7-13-6(10)4-8(14-7)15-9-11-5-12-16-9/h4-5H,2-3H2,1H3. The minimum atomic E-state index is 0.818. The van der Waals surface area contributed by atoms with E-state index < -0.39 is 0 Å². The van der Waals surface area contributed by atoms with Gasteiger partial charge in [-0.2, -0.15) is 4.37 Å². The Balaban J connectivity index is 2.20. The number of halogens is 1. The summed E-state index contributed by atoms with van der Waals surface area (Å²) < 4.78 is 5.67. The van der Waals surface area contributed by atoms with Gasteiger partial charge in [0.25, 0.3) is 0 Å². The van der Waals surface area contributed by atoms with Gasteiger partial charge in [0.2, 0.25) is 0 Å². The molecule has 2 aromatic rings. The first-order valence-electron chi connectivity index (χ1n) is 4.76. The second-order valence-electron chi connectivity index (χ2n) is 3.00. The molecular formula is C9H9BrN4S2. The van der Waals surface area contributed by atoms with Crippen molar-refractivity contribution in [1.82, 2.24) is 19.3 Å². The molecule has 0 aromatic carbocycles. The highest BCUT2D eigenvalue weighted by molar-refractivity contribution is 9.10. The van der Waals surface area contributed by atoms with Crippen LogP contribution in [0.4, 0.5) is 0 Å². The molecule has 2 rings (SSSR count). The molecule has 0 radical (unpaired) electrons. The highest BCUT2D eigenvalue weighted by atomic mass is 79.9. The van der Waals surface area contributed by atoms with Crippen LogP contribution in [0.2, 0.25) is 0 Å². The number of nitrogens with zero attached hydrogens (tertiary/aromatic N) is 4. The number of hydrogen-bond acceptors (Lipinski definition) is 6. The molecule has 0 fully saturated rings. The predicted molar refractivity (Wildman–Crippen MR) is 67.8 cm³/mol. The number of hydrogen-bond donors (Lipinski definition) is 0. The van der Waals surface area contributed by atoms with E-state index in [1.807, 2.05) is 6.07 Å². The summed E-state index contributed by atoms with van der Waals surface area (Å²) in [6, 6.07) is 1.89. The van der Waals surface area contributed by atoms with Crippen molar-refractivity contribution in [3.05, 3.63) is 22.8 Å². The highest BCUT2D eigenvalue weighted by Gasteiger charge is 2.06. The average molecular weight is 317 g/mol. The zero-order valence-electron chi connectivity index (χ0n) is 8.55. The molecule has 0 aliphatic rings. The molecule has 4 nitrogen and oxygen atoms in total. The van der Waals surface area contributed by atoms with Crippen LogP contribution in [0, 0.1) is 0 Å². The van der Waals surface area contributed by atoms with Crippen molar-refractivity contribution in [3.8, 4) is 0 Å².